The molecule has 0 radical (unpaired) electrons. The zero-order valence-electron chi connectivity index (χ0n) is 8.97. The maximum atomic E-state index is 11.4. The van der Waals surface area contributed by atoms with E-state index in [9.17, 15) is 9.59 Å². The first-order chi connectivity index (χ1) is 7.72. The Morgan fingerprint density at radius 2 is 2.00 bits per heavy atom. The lowest BCUT2D eigenvalue weighted by atomic mass is 10.3. The van der Waals surface area contributed by atoms with Gasteiger partial charge in [-0.2, -0.15) is 0 Å². The van der Waals surface area contributed by atoms with Crippen molar-refractivity contribution in [3.8, 4) is 0 Å². The van der Waals surface area contributed by atoms with Gasteiger partial charge in [0.15, 0.2) is 0 Å². The first kappa shape index (κ1) is 12.0. The van der Waals surface area contributed by atoms with Gasteiger partial charge in [0.05, 0.1) is 7.11 Å². The average molecular weight is 219 g/mol. The maximum absolute atomic E-state index is 11.4. The van der Waals surface area contributed by atoms with Gasteiger partial charge >= 0.3 is 5.97 Å². The molecule has 1 rings (SSSR count). The predicted molar refractivity (Wildman–Crippen MR) is 60.8 cm³/mol. The lowest BCUT2D eigenvalue weighted by Gasteiger charge is -2.01. The van der Waals surface area contributed by atoms with Crippen LogP contribution in [0.3, 0.4) is 0 Å². The van der Waals surface area contributed by atoms with E-state index in [4.69, 9.17) is 0 Å². The number of para-hydroxylation sites is 1. The molecule has 1 amide bonds. The summed E-state index contributed by atoms with van der Waals surface area (Å²) in [6.07, 6.45) is 2.83. The number of hydrogen-bond donors (Lipinski definition) is 1. The monoisotopic (exact) mass is 219 g/mol. The topological polar surface area (TPSA) is 55.4 Å². The maximum Gasteiger partial charge on any atom is 0.330 e. The molecule has 0 aromatic heterocycles. The van der Waals surface area contributed by atoms with E-state index in [1.807, 2.05) is 18.2 Å². The molecule has 0 aliphatic rings. The van der Waals surface area contributed by atoms with Gasteiger partial charge in [-0.1, -0.05) is 24.3 Å². The molecule has 4 heteroatoms. The molecule has 84 valence electrons. The van der Waals surface area contributed by atoms with E-state index in [0.717, 1.165) is 5.69 Å². The van der Waals surface area contributed by atoms with Crippen molar-refractivity contribution in [3.63, 3.8) is 0 Å². The van der Waals surface area contributed by atoms with Crippen LogP contribution in [0.2, 0.25) is 0 Å². The van der Waals surface area contributed by atoms with Gasteiger partial charge in [0, 0.05) is 18.2 Å². The van der Waals surface area contributed by atoms with E-state index in [1.165, 1.54) is 19.3 Å². The minimum atomic E-state index is -0.465. The quantitative estimate of drug-likeness (QED) is 0.620. The number of anilines is 1. The Morgan fingerprint density at radius 1 is 1.31 bits per heavy atom. The molecule has 1 aromatic carbocycles. The van der Waals surface area contributed by atoms with Crippen LogP contribution in [0.15, 0.2) is 42.5 Å². The number of hydrogen-bond acceptors (Lipinski definition) is 3. The van der Waals surface area contributed by atoms with Crippen LogP contribution in [0.1, 0.15) is 6.42 Å². The summed E-state index contributed by atoms with van der Waals surface area (Å²) in [7, 11) is 1.29. The van der Waals surface area contributed by atoms with Gasteiger partial charge in [-0.25, -0.2) is 4.79 Å². The van der Waals surface area contributed by atoms with E-state index >= 15 is 0 Å². The Labute approximate surface area is 93.9 Å². The predicted octanol–water partition coefficient (Wildman–Crippen LogP) is 1.74. The fourth-order valence-electron chi connectivity index (χ4n) is 1.06. The summed E-state index contributed by atoms with van der Waals surface area (Å²) in [6.45, 7) is 0. The van der Waals surface area contributed by atoms with Crippen LogP contribution < -0.4 is 5.32 Å². The second kappa shape index (κ2) is 6.40. The summed E-state index contributed by atoms with van der Waals surface area (Å²) >= 11 is 0. The SMILES string of the molecule is COC(=O)/C=C/CC(=O)Nc1ccccc1. The Bertz CT molecular complexity index is 385. The third kappa shape index (κ3) is 4.41. The number of carbonyl (C=O) groups excluding carboxylic acids is 2. The lowest BCUT2D eigenvalue weighted by Crippen LogP contribution is -2.09. The van der Waals surface area contributed by atoms with Gasteiger partial charge in [-0.15, -0.1) is 0 Å². The molecule has 0 fully saturated rings. The van der Waals surface area contributed by atoms with Crippen LogP contribution in [0.4, 0.5) is 5.69 Å². The van der Waals surface area contributed by atoms with Gasteiger partial charge in [-0.05, 0) is 12.1 Å². The summed E-state index contributed by atoms with van der Waals surface area (Å²) in [6, 6.07) is 9.12. The lowest BCUT2D eigenvalue weighted by molar-refractivity contribution is -0.134. The molecule has 0 aliphatic carbocycles. The fourth-order valence-corrected chi connectivity index (χ4v) is 1.06. The fraction of sp³-hybridized carbons (Fsp3) is 0.167. The standard InChI is InChI=1S/C12H13NO3/c1-16-12(15)9-5-8-11(14)13-10-6-3-2-4-7-10/h2-7,9H,8H2,1H3,(H,13,14)/b9-5+. The normalized spacial score (nSPS) is 10.1. The highest BCUT2D eigenvalue weighted by Crippen LogP contribution is 2.05. The highest BCUT2D eigenvalue weighted by atomic mass is 16.5. The molecular weight excluding hydrogens is 206 g/mol. The third-order valence-corrected chi connectivity index (χ3v) is 1.82. The average Bonchev–Trinajstić information content (AvgIpc) is 2.30. The van der Waals surface area contributed by atoms with E-state index < -0.39 is 5.97 Å². The molecule has 0 saturated carbocycles. The van der Waals surface area contributed by atoms with Crippen molar-refractivity contribution in [1.82, 2.24) is 0 Å². The number of methoxy groups -OCH3 is 1. The molecule has 0 atom stereocenters. The minimum Gasteiger partial charge on any atom is -0.466 e. The Kier molecular flexibility index (Phi) is 4.79. The van der Waals surface area contributed by atoms with E-state index in [0.29, 0.717) is 0 Å². The van der Waals surface area contributed by atoms with Crippen molar-refractivity contribution in [2.45, 2.75) is 6.42 Å². The largest absolute Gasteiger partial charge is 0.466 e. The summed E-state index contributed by atoms with van der Waals surface area (Å²) in [5.74, 6) is -0.640. The minimum absolute atomic E-state index is 0.143. The van der Waals surface area contributed by atoms with E-state index in [2.05, 4.69) is 10.1 Å². The Balaban J connectivity index is 2.37. The number of carbonyl (C=O) groups is 2. The first-order valence-electron chi connectivity index (χ1n) is 4.82. The highest BCUT2D eigenvalue weighted by molar-refractivity contribution is 5.92. The third-order valence-electron chi connectivity index (χ3n) is 1.82. The molecule has 0 spiro atoms. The van der Waals surface area contributed by atoms with Gasteiger partial charge < -0.3 is 10.1 Å². The second-order valence-corrected chi connectivity index (χ2v) is 3.04. The number of nitrogens with one attached hydrogen (secondary N) is 1. The zero-order chi connectivity index (χ0) is 11.8. The molecule has 0 aliphatic heterocycles. The molecule has 16 heavy (non-hydrogen) atoms. The van der Waals surface area contributed by atoms with Crippen molar-refractivity contribution >= 4 is 17.6 Å². The molecular formula is C12H13NO3. The van der Waals surface area contributed by atoms with Crippen LogP contribution in [0, 0.1) is 0 Å². The zero-order valence-corrected chi connectivity index (χ0v) is 8.97. The van der Waals surface area contributed by atoms with Crippen molar-refractivity contribution in [2.75, 3.05) is 12.4 Å². The first-order valence-corrected chi connectivity index (χ1v) is 4.82. The van der Waals surface area contributed by atoms with Gasteiger partial charge in [0.1, 0.15) is 0 Å². The van der Waals surface area contributed by atoms with Crippen LogP contribution in [-0.2, 0) is 14.3 Å². The molecule has 0 bridgehead atoms. The Morgan fingerprint density at radius 3 is 2.62 bits per heavy atom. The van der Waals surface area contributed by atoms with Crippen LogP contribution in [0.5, 0.6) is 0 Å². The molecule has 0 saturated heterocycles. The van der Waals surface area contributed by atoms with Gasteiger partial charge in [0.25, 0.3) is 0 Å². The van der Waals surface area contributed by atoms with Crippen molar-refractivity contribution in [3.05, 3.63) is 42.5 Å². The van der Waals surface area contributed by atoms with Gasteiger partial charge in [0.2, 0.25) is 5.91 Å². The number of ether oxygens (including phenoxy) is 1. The van der Waals surface area contributed by atoms with Gasteiger partial charge in [-0.3, -0.25) is 4.79 Å². The second-order valence-electron chi connectivity index (χ2n) is 3.04. The number of amides is 1. The highest BCUT2D eigenvalue weighted by Gasteiger charge is 1.99. The molecule has 1 aromatic rings. The Hall–Kier alpha value is -2.10. The molecule has 0 heterocycles. The number of rotatable bonds is 4. The summed E-state index contributed by atoms with van der Waals surface area (Å²) in [4.78, 5) is 22.1. The number of benzene rings is 1. The van der Waals surface area contributed by atoms with E-state index in [1.54, 1.807) is 12.1 Å². The van der Waals surface area contributed by atoms with Crippen molar-refractivity contribution in [2.24, 2.45) is 0 Å². The van der Waals surface area contributed by atoms with E-state index in [-0.39, 0.29) is 12.3 Å². The summed E-state index contributed by atoms with van der Waals surface area (Å²) in [5.41, 5.74) is 0.735. The van der Waals surface area contributed by atoms with Crippen molar-refractivity contribution in [1.29, 1.82) is 0 Å². The molecule has 1 N–H and O–H groups in total. The number of esters is 1. The molecule has 4 nitrogen and oxygen atoms in total. The van der Waals surface area contributed by atoms with Crippen LogP contribution in [-0.4, -0.2) is 19.0 Å². The van der Waals surface area contributed by atoms with Crippen LogP contribution >= 0.6 is 0 Å². The van der Waals surface area contributed by atoms with Crippen LogP contribution in [0.25, 0.3) is 0 Å². The molecule has 0 unspecified atom stereocenters. The summed E-state index contributed by atoms with van der Waals surface area (Å²) in [5, 5.41) is 2.69. The van der Waals surface area contributed by atoms with Crippen molar-refractivity contribution < 1.29 is 14.3 Å². The smallest absolute Gasteiger partial charge is 0.330 e. The summed E-state index contributed by atoms with van der Waals surface area (Å²) < 4.78 is 4.39.